The number of benzene rings is 1. The zero-order chi connectivity index (χ0) is 9.42. The van der Waals surface area contributed by atoms with Gasteiger partial charge < -0.3 is 4.90 Å². The van der Waals surface area contributed by atoms with E-state index in [2.05, 4.69) is 33.9 Å². The number of hydrogen-bond donors (Lipinski definition) is 0. The van der Waals surface area contributed by atoms with Gasteiger partial charge in [-0.15, -0.1) is 0 Å². The van der Waals surface area contributed by atoms with Crippen LogP contribution in [0.5, 0.6) is 0 Å². The summed E-state index contributed by atoms with van der Waals surface area (Å²) >= 11 is 9.56. The number of rotatable bonds is 0. The van der Waals surface area contributed by atoms with Crippen LogP contribution >= 0.6 is 27.5 Å². The van der Waals surface area contributed by atoms with Gasteiger partial charge >= 0.3 is 0 Å². The van der Waals surface area contributed by atoms with Crippen molar-refractivity contribution in [3.63, 3.8) is 0 Å². The van der Waals surface area contributed by atoms with E-state index in [4.69, 9.17) is 11.6 Å². The molecule has 0 bridgehead atoms. The molecular formula is C10H11BrClN. The van der Waals surface area contributed by atoms with Crippen molar-refractivity contribution in [3.05, 3.63) is 32.8 Å². The Kier molecular flexibility index (Phi) is 2.63. The highest BCUT2D eigenvalue weighted by Gasteiger charge is 2.16. The molecule has 70 valence electrons. The molecule has 0 saturated heterocycles. The third-order valence-corrected chi connectivity index (χ3v) is 3.93. The van der Waals surface area contributed by atoms with Crippen LogP contribution in [0.15, 0.2) is 16.6 Å². The smallest absolute Gasteiger partial charge is 0.0551 e. The molecule has 1 aromatic carbocycles. The first-order valence-electron chi connectivity index (χ1n) is 4.33. The van der Waals surface area contributed by atoms with E-state index < -0.39 is 0 Å². The van der Waals surface area contributed by atoms with Gasteiger partial charge in [-0.1, -0.05) is 17.7 Å². The van der Waals surface area contributed by atoms with Crippen LogP contribution in [0, 0.1) is 0 Å². The lowest BCUT2D eigenvalue weighted by molar-refractivity contribution is 0.312. The molecule has 1 aliphatic rings. The van der Waals surface area contributed by atoms with Crippen molar-refractivity contribution < 1.29 is 0 Å². The molecular weight excluding hydrogens is 249 g/mol. The Bertz CT molecular complexity index is 338. The predicted molar refractivity (Wildman–Crippen MR) is 59.2 cm³/mol. The van der Waals surface area contributed by atoms with Crippen molar-refractivity contribution in [2.45, 2.75) is 13.0 Å². The highest BCUT2D eigenvalue weighted by molar-refractivity contribution is 9.10. The fourth-order valence-corrected chi connectivity index (χ4v) is 2.49. The van der Waals surface area contributed by atoms with Gasteiger partial charge in [-0.25, -0.2) is 0 Å². The quantitative estimate of drug-likeness (QED) is 0.693. The lowest BCUT2D eigenvalue weighted by Gasteiger charge is -2.25. The van der Waals surface area contributed by atoms with Gasteiger partial charge in [0.25, 0.3) is 0 Å². The van der Waals surface area contributed by atoms with E-state index in [1.54, 1.807) is 0 Å². The van der Waals surface area contributed by atoms with Crippen molar-refractivity contribution in [1.82, 2.24) is 4.90 Å². The molecule has 1 heterocycles. The van der Waals surface area contributed by atoms with Crippen molar-refractivity contribution in [2.75, 3.05) is 13.6 Å². The van der Waals surface area contributed by atoms with Gasteiger partial charge in [0.05, 0.1) is 5.02 Å². The average molecular weight is 261 g/mol. The van der Waals surface area contributed by atoms with E-state index in [0.29, 0.717) is 0 Å². The van der Waals surface area contributed by atoms with Crippen LogP contribution in [-0.2, 0) is 13.0 Å². The molecule has 0 spiro atoms. The second kappa shape index (κ2) is 3.60. The zero-order valence-electron chi connectivity index (χ0n) is 7.48. The fourth-order valence-electron chi connectivity index (χ4n) is 1.72. The van der Waals surface area contributed by atoms with Crippen molar-refractivity contribution in [3.8, 4) is 0 Å². The summed E-state index contributed by atoms with van der Waals surface area (Å²) in [5.74, 6) is 0. The monoisotopic (exact) mass is 259 g/mol. The molecule has 2 rings (SSSR count). The highest BCUT2D eigenvalue weighted by Crippen LogP contribution is 2.31. The number of nitrogens with zero attached hydrogens (tertiary/aromatic N) is 1. The van der Waals surface area contributed by atoms with E-state index >= 15 is 0 Å². The van der Waals surface area contributed by atoms with Crippen LogP contribution < -0.4 is 0 Å². The first kappa shape index (κ1) is 9.50. The largest absolute Gasteiger partial charge is 0.302 e. The Balaban J connectivity index is 2.47. The Morgan fingerprint density at radius 2 is 2.23 bits per heavy atom. The summed E-state index contributed by atoms with van der Waals surface area (Å²) in [4.78, 5) is 2.32. The minimum atomic E-state index is 0.823. The third kappa shape index (κ3) is 1.76. The van der Waals surface area contributed by atoms with Crippen LogP contribution in [0.4, 0.5) is 0 Å². The summed E-state index contributed by atoms with van der Waals surface area (Å²) in [6.07, 6.45) is 1.09. The summed E-state index contributed by atoms with van der Waals surface area (Å²) in [6.45, 7) is 2.15. The standard InChI is InChI=1S/C10H11BrClN/c1-13-5-4-8-7(6-13)2-3-9(12)10(8)11/h2-3H,4-6H2,1H3. The minimum Gasteiger partial charge on any atom is -0.302 e. The van der Waals surface area contributed by atoms with E-state index in [1.807, 2.05) is 6.07 Å². The maximum atomic E-state index is 6.02. The van der Waals surface area contributed by atoms with Gasteiger partial charge in [0.2, 0.25) is 0 Å². The first-order chi connectivity index (χ1) is 6.18. The molecule has 1 nitrogen and oxygen atoms in total. The van der Waals surface area contributed by atoms with E-state index in [0.717, 1.165) is 29.0 Å². The number of likely N-dealkylation sites (N-methyl/N-ethyl adjacent to an activating group) is 1. The molecule has 0 atom stereocenters. The second-order valence-electron chi connectivity index (χ2n) is 3.49. The molecule has 0 amide bonds. The van der Waals surface area contributed by atoms with Crippen LogP contribution in [0.25, 0.3) is 0 Å². The van der Waals surface area contributed by atoms with Gasteiger partial charge in [0.1, 0.15) is 0 Å². The Morgan fingerprint density at radius 1 is 1.46 bits per heavy atom. The molecule has 0 aromatic heterocycles. The number of halogens is 2. The minimum absolute atomic E-state index is 0.823. The van der Waals surface area contributed by atoms with Gasteiger partial charge in [-0.2, -0.15) is 0 Å². The summed E-state index contributed by atoms with van der Waals surface area (Å²) in [5, 5.41) is 0.823. The molecule has 1 aliphatic heterocycles. The zero-order valence-corrected chi connectivity index (χ0v) is 9.82. The van der Waals surface area contributed by atoms with Crippen molar-refractivity contribution in [2.24, 2.45) is 0 Å². The van der Waals surface area contributed by atoms with Crippen molar-refractivity contribution >= 4 is 27.5 Å². The maximum Gasteiger partial charge on any atom is 0.0551 e. The van der Waals surface area contributed by atoms with E-state index in [9.17, 15) is 0 Å². The predicted octanol–water partition coefficient (Wildman–Crippen LogP) is 3.09. The van der Waals surface area contributed by atoms with Gasteiger partial charge in [-0.3, -0.25) is 0 Å². The Labute approximate surface area is 91.8 Å². The summed E-state index contributed by atoms with van der Waals surface area (Å²) in [7, 11) is 2.14. The normalized spacial score (nSPS) is 17.2. The lowest BCUT2D eigenvalue weighted by Crippen LogP contribution is -2.26. The Morgan fingerprint density at radius 3 is 3.00 bits per heavy atom. The first-order valence-corrected chi connectivity index (χ1v) is 5.50. The van der Waals surface area contributed by atoms with Crippen LogP contribution in [0.1, 0.15) is 11.1 Å². The molecule has 0 unspecified atom stereocenters. The molecule has 0 N–H and O–H groups in total. The van der Waals surface area contributed by atoms with Crippen LogP contribution in [0.2, 0.25) is 5.02 Å². The van der Waals surface area contributed by atoms with Gasteiger partial charge in [0.15, 0.2) is 0 Å². The molecule has 0 fully saturated rings. The van der Waals surface area contributed by atoms with E-state index in [-0.39, 0.29) is 0 Å². The van der Waals surface area contributed by atoms with Crippen molar-refractivity contribution in [1.29, 1.82) is 0 Å². The summed E-state index contributed by atoms with van der Waals surface area (Å²) < 4.78 is 1.08. The molecule has 1 aromatic rings. The topological polar surface area (TPSA) is 3.24 Å². The maximum absolute atomic E-state index is 6.02. The fraction of sp³-hybridized carbons (Fsp3) is 0.400. The van der Waals surface area contributed by atoms with Crippen LogP contribution in [-0.4, -0.2) is 18.5 Å². The Hall–Kier alpha value is -0.0500. The number of hydrogen-bond acceptors (Lipinski definition) is 1. The number of fused-ring (bicyclic) bond motifs is 1. The molecule has 13 heavy (non-hydrogen) atoms. The molecule has 0 saturated carbocycles. The molecule has 0 aliphatic carbocycles. The lowest BCUT2D eigenvalue weighted by atomic mass is 10.0. The van der Waals surface area contributed by atoms with E-state index in [1.165, 1.54) is 11.1 Å². The molecule has 0 radical (unpaired) electrons. The summed E-state index contributed by atoms with van der Waals surface area (Å²) in [6, 6.07) is 4.09. The molecule has 3 heteroatoms. The van der Waals surface area contributed by atoms with Gasteiger partial charge in [-0.05, 0) is 46.6 Å². The van der Waals surface area contributed by atoms with Crippen LogP contribution in [0.3, 0.4) is 0 Å². The van der Waals surface area contributed by atoms with Gasteiger partial charge in [0, 0.05) is 17.6 Å². The average Bonchev–Trinajstić information content (AvgIpc) is 2.12. The second-order valence-corrected chi connectivity index (χ2v) is 4.69. The highest BCUT2D eigenvalue weighted by atomic mass is 79.9. The summed E-state index contributed by atoms with van der Waals surface area (Å²) in [5.41, 5.74) is 2.77. The SMILES string of the molecule is CN1CCc2c(ccc(Cl)c2Br)C1. The third-order valence-electron chi connectivity index (χ3n) is 2.48.